The van der Waals surface area contributed by atoms with Crippen molar-refractivity contribution in [1.82, 2.24) is 19.6 Å². The number of amides is 2. The number of imidazole rings is 1. The summed E-state index contributed by atoms with van der Waals surface area (Å²) in [6, 6.07) is -0.932. The van der Waals surface area contributed by atoms with E-state index in [1.54, 1.807) is 16.7 Å². The van der Waals surface area contributed by atoms with Gasteiger partial charge in [0.15, 0.2) is 10.8 Å². The first kappa shape index (κ1) is 22.4. The van der Waals surface area contributed by atoms with Crippen LogP contribution >= 0.6 is 34.4 Å². The molecule has 1 saturated heterocycles. The quantitative estimate of drug-likeness (QED) is 0.170. The zero-order valence-corrected chi connectivity index (χ0v) is 20.0. The van der Waals surface area contributed by atoms with Crippen molar-refractivity contribution in [2.24, 2.45) is 5.16 Å². The molecule has 0 bridgehead atoms. The highest BCUT2D eigenvalue weighted by Crippen LogP contribution is 2.40. The Morgan fingerprint density at radius 2 is 2.26 bits per heavy atom. The Labute approximate surface area is 204 Å². The van der Waals surface area contributed by atoms with E-state index in [-0.39, 0.29) is 22.2 Å². The van der Waals surface area contributed by atoms with Crippen LogP contribution < -0.4 is 20.7 Å². The summed E-state index contributed by atoms with van der Waals surface area (Å²) in [6.07, 6.45) is 5.67. The van der Waals surface area contributed by atoms with Crippen LogP contribution in [0.2, 0.25) is 0 Å². The zero-order chi connectivity index (χ0) is 24.0. The molecule has 0 aromatic carbocycles. The number of thioether (sulfide) groups is 1. The summed E-state index contributed by atoms with van der Waals surface area (Å²) in [5.74, 6) is -2.29. The fraction of sp³-hybridized carbons (Fsp3) is 0.263. The van der Waals surface area contributed by atoms with E-state index in [0.29, 0.717) is 17.9 Å². The predicted octanol–water partition coefficient (Wildman–Crippen LogP) is -1.22. The number of carbonyl (C=O) groups excluding carboxylic acids is 3. The first-order valence-electron chi connectivity index (χ1n) is 9.83. The smallest absolute Gasteiger partial charge is 0.276 e. The van der Waals surface area contributed by atoms with Gasteiger partial charge in [-0.2, -0.15) is 4.40 Å². The molecule has 2 amide bonds. The van der Waals surface area contributed by atoms with Crippen molar-refractivity contribution in [2.75, 3.05) is 18.6 Å². The molecule has 15 heteroatoms. The van der Waals surface area contributed by atoms with Gasteiger partial charge < -0.3 is 25.8 Å². The Morgan fingerprint density at radius 1 is 1.44 bits per heavy atom. The van der Waals surface area contributed by atoms with Gasteiger partial charge in [0.1, 0.15) is 43.2 Å². The van der Waals surface area contributed by atoms with Crippen LogP contribution in [-0.2, 0) is 25.8 Å². The van der Waals surface area contributed by atoms with Crippen molar-refractivity contribution in [1.29, 1.82) is 0 Å². The number of carboxylic acid groups (broad SMARTS) is 1. The third-order valence-corrected chi connectivity index (χ3v) is 8.11. The summed E-state index contributed by atoms with van der Waals surface area (Å²) in [7, 11) is 1.28. The van der Waals surface area contributed by atoms with Gasteiger partial charge >= 0.3 is 0 Å². The number of nitrogens with two attached hydrogens (primary N) is 1. The lowest BCUT2D eigenvalue weighted by Crippen LogP contribution is -2.71. The van der Waals surface area contributed by atoms with Gasteiger partial charge in [-0.25, -0.2) is 9.55 Å². The number of β-lactam (4-membered cyclic amide) rings is 1. The molecule has 34 heavy (non-hydrogen) atoms. The van der Waals surface area contributed by atoms with E-state index in [1.165, 1.54) is 23.8 Å². The van der Waals surface area contributed by atoms with E-state index < -0.39 is 29.2 Å². The Kier molecular flexibility index (Phi) is 5.75. The van der Waals surface area contributed by atoms with Gasteiger partial charge in [0.25, 0.3) is 11.8 Å². The molecule has 3 aromatic rings. The number of hydrogen-bond acceptors (Lipinski definition) is 11. The molecule has 2 aliphatic heterocycles. The molecule has 1 fully saturated rings. The number of anilines is 1. The van der Waals surface area contributed by atoms with Crippen LogP contribution in [0, 0.1) is 0 Å². The van der Waals surface area contributed by atoms with Gasteiger partial charge in [0, 0.05) is 22.1 Å². The summed E-state index contributed by atoms with van der Waals surface area (Å²) in [5, 5.41) is 21.5. The number of thiazole rings is 2. The van der Waals surface area contributed by atoms with Crippen molar-refractivity contribution >= 4 is 67.9 Å². The average Bonchev–Trinajstić information content (AvgIpc) is 3.51. The maximum Gasteiger partial charge on any atom is 0.276 e. The van der Waals surface area contributed by atoms with E-state index in [4.69, 9.17) is 10.6 Å². The minimum Gasteiger partial charge on any atom is -0.543 e. The number of oxime groups is 1. The fourth-order valence-corrected chi connectivity index (χ4v) is 6.47. The SMILES string of the molecule is CO/N=C(\C(=O)N[C@@H]1C(=O)N2C(C(=O)[O-])=C(C[n+]3cc4sccn4c3)CS[C@H]12)c1csc(N)n1. The Balaban J connectivity index is 1.35. The number of aromatic nitrogens is 3. The van der Waals surface area contributed by atoms with E-state index in [2.05, 4.69) is 15.5 Å². The summed E-state index contributed by atoms with van der Waals surface area (Å²) in [5.41, 5.74) is 6.12. The normalized spacial score (nSPS) is 20.3. The second-order valence-electron chi connectivity index (χ2n) is 7.36. The van der Waals surface area contributed by atoms with Crippen LogP contribution in [0.25, 0.3) is 4.83 Å². The number of nitrogens with zero attached hydrogens (tertiary/aromatic N) is 5. The molecule has 0 spiro atoms. The summed E-state index contributed by atoms with van der Waals surface area (Å²) in [4.78, 5) is 48.7. The average molecular weight is 520 g/mol. The molecule has 12 nitrogen and oxygen atoms in total. The van der Waals surface area contributed by atoms with Gasteiger partial charge in [-0.05, 0) is 0 Å². The first-order valence-corrected chi connectivity index (χ1v) is 12.6. The third-order valence-electron chi connectivity index (χ3n) is 5.28. The highest BCUT2D eigenvalue weighted by molar-refractivity contribution is 8.00. The molecule has 3 N–H and O–H groups in total. The van der Waals surface area contributed by atoms with Crippen molar-refractivity contribution in [3.63, 3.8) is 0 Å². The van der Waals surface area contributed by atoms with E-state index in [0.717, 1.165) is 16.2 Å². The molecule has 0 unspecified atom stereocenters. The van der Waals surface area contributed by atoms with Crippen molar-refractivity contribution in [3.05, 3.63) is 46.4 Å². The number of hydrogen-bond donors (Lipinski definition) is 2. The second-order valence-corrected chi connectivity index (χ2v) is 10.3. The zero-order valence-electron chi connectivity index (χ0n) is 17.5. The molecule has 2 atom stereocenters. The van der Waals surface area contributed by atoms with Gasteiger partial charge in [-0.15, -0.1) is 23.1 Å². The number of nitrogens with one attached hydrogen (secondary N) is 1. The minimum absolute atomic E-state index is 0.135. The maximum atomic E-state index is 12.9. The summed E-state index contributed by atoms with van der Waals surface area (Å²) >= 11 is 4.06. The van der Waals surface area contributed by atoms with E-state index in [1.807, 2.05) is 33.1 Å². The van der Waals surface area contributed by atoms with Gasteiger partial charge in [0.2, 0.25) is 11.2 Å². The topological polar surface area (TPSA) is 158 Å². The molecular formula is C19H17N7O5S3. The Morgan fingerprint density at radius 3 is 2.94 bits per heavy atom. The second kappa shape index (κ2) is 8.73. The van der Waals surface area contributed by atoms with Crippen molar-refractivity contribution in [2.45, 2.75) is 18.0 Å². The highest BCUT2D eigenvalue weighted by atomic mass is 32.2. The van der Waals surface area contributed by atoms with Gasteiger partial charge in [0.05, 0.1) is 11.7 Å². The Hall–Kier alpha value is -3.43. The van der Waals surface area contributed by atoms with Gasteiger partial charge in [-0.1, -0.05) is 16.5 Å². The first-order chi connectivity index (χ1) is 16.4. The third kappa shape index (κ3) is 3.80. The lowest BCUT2D eigenvalue weighted by Gasteiger charge is -2.50. The number of fused-ring (bicyclic) bond motifs is 2. The number of carboxylic acids is 1. The van der Waals surface area contributed by atoms with E-state index in [9.17, 15) is 19.5 Å². The monoisotopic (exact) mass is 519 g/mol. The van der Waals surface area contributed by atoms with Crippen molar-refractivity contribution < 1.29 is 28.9 Å². The molecule has 0 saturated carbocycles. The number of rotatable bonds is 7. The number of aliphatic carboxylic acids is 1. The van der Waals surface area contributed by atoms with E-state index >= 15 is 0 Å². The van der Waals surface area contributed by atoms with Crippen LogP contribution in [0.1, 0.15) is 5.69 Å². The Bertz CT molecular complexity index is 1340. The molecule has 5 heterocycles. The molecule has 5 rings (SSSR count). The van der Waals surface area contributed by atoms with Crippen LogP contribution in [0.4, 0.5) is 5.13 Å². The number of nitrogen functional groups attached to an aromatic ring is 1. The molecular weight excluding hydrogens is 502 g/mol. The van der Waals surface area contributed by atoms with Crippen LogP contribution in [-0.4, -0.2) is 62.1 Å². The molecule has 3 aromatic heterocycles. The summed E-state index contributed by atoms with van der Waals surface area (Å²) in [6.45, 7) is 0.300. The molecule has 2 aliphatic rings. The lowest BCUT2D eigenvalue weighted by atomic mass is 10.0. The van der Waals surface area contributed by atoms with Gasteiger partial charge in [-0.3, -0.25) is 14.5 Å². The van der Waals surface area contributed by atoms with Crippen LogP contribution in [0.5, 0.6) is 0 Å². The minimum atomic E-state index is -1.43. The van der Waals surface area contributed by atoms with Crippen LogP contribution in [0.15, 0.2) is 45.9 Å². The fourth-order valence-electron chi connectivity index (χ4n) is 3.83. The predicted molar refractivity (Wildman–Crippen MR) is 123 cm³/mol. The van der Waals surface area contributed by atoms with Crippen LogP contribution in [0.3, 0.4) is 0 Å². The lowest BCUT2D eigenvalue weighted by molar-refractivity contribution is -0.687. The highest BCUT2D eigenvalue weighted by Gasteiger charge is 2.53. The molecule has 0 aliphatic carbocycles. The molecule has 176 valence electrons. The molecule has 0 radical (unpaired) electrons. The largest absolute Gasteiger partial charge is 0.543 e. The number of carbonyl (C=O) groups is 3. The summed E-state index contributed by atoms with van der Waals surface area (Å²) < 4.78 is 3.79. The van der Waals surface area contributed by atoms with Crippen molar-refractivity contribution in [3.8, 4) is 0 Å². The maximum absolute atomic E-state index is 12.9. The standard InChI is InChI=1S/C19H17N7O5S3/c1-31-23-12(10-7-34-19(20)21-10)15(27)22-13-16(28)26-14(18(29)30)9(6-33-17(13)26)4-24-5-11-25(8-24)2-3-32-11/h2-3,5,7-8,13,17H,4,6H2,1H3,(H3-,20,21,22,27,29,30)/b23-12-/t13-,17-/m1/s1.